The van der Waals surface area contributed by atoms with Gasteiger partial charge in [0.05, 0.1) is 5.60 Å². The zero-order valence-electron chi connectivity index (χ0n) is 14.7. The van der Waals surface area contributed by atoms with Crippen molar-refractivity contribution in [3.8, 4) is 0 Å². The molecule has 1 aromatic rings. The first-order chi connectivity index (χ1) is 10.6. The zero-order chi connectivity index (χ0) is 16.0. The van der Waals surface area contributed by atoms with Gasteiger partial charge in [0.1, 0.15) is 0 Å². The van der Waals surface area contributed by atoms with Crippen LogP contribution in [0.4, 0.5) is 0 Å². The van der Waals surface area contributed by atoms with Gasteiger partial charge in [0, 0.05) is 33.2 Å². The molecule has 0 saturated heterocycles. The van der Waals surface area contributed by atoms with E-state index in [9.17, 15) is 0 Å². The highest BCUT2D eigenvalue weighted by Gasteiger charge is 2.20. The quantitative estimate of drug-likeness (QED) is 0.427. The minimum Gasteiger partial charge on any atom is -0.377 e. The number of ether oxygens (including phenoxy) is 1. The Labute approximate surface area is 157 Å². The topological polar surface area (TPSA) is 45.7 Å². The van der Waals surface area contributed by atoms with Crippen LogP contribution in [0.25, 0.3) is 0 Å². The maximum atomic E-state index is 5.43. The first-order valence-corrected chi connectivity index (χ1v) is 8.13. The number of halogens is 1. The molecule has 0 spiro atoms. The van der Waals surface area contributed by atoms with Crippen molar-refractivity contribution in [3.05, 3.63) is 35.4 Å². The molecule has 0 saturated carbocycles. The van der Waals surface area contributed by atoms with Gasteiger partial charge in [-0.3, -0.25) is 4.99 Å². The van der Waals surface area contributed by atoms with E-state index in [1.54, 1.807) is 7.11 Å². The van der Waals surface area contributed by atoms with E-state index < -0.39 is 0 Å². The second kappa shape index (κ2) is 9.47. The van der Waals surface area contributed by atoms with Crippen molar-refractivity contribution in [2.45, 2.75) is 44.6 Å². The van der Waals surface area contributed by atoms with Gasteiger partial charge in [-0.1, -0.05) is 24.3 Å². The van der Waals surface area contributed by atoms with E-state index in [1.807, 2.05) is 7.05 Å². The first-order valence-electron chi connectivity index (χ1n) is 8.13. The number of methoxy groups -OCH3 is 1. The number of hydrogen-bond acceptors (Lipinski definition) is 2. The fourth-order valence-corrected chi connectivity index (χ4v) is 2.88. The van der Waals surface area contributed by atoms with E-state index in [0.29, 0.717) is 5.92 Å². The number of hydrogen-bond donors (Lipinski definition) is 2. The lowest BCUT2D eigenvalue weighted by molar-refractivity contribution is 0.0268. The molecule has 0 fully saturated rings. The second-order valence-corrected chi connectivity index (χ2v) is 6.56. The molecular weight excluding hydrogens is 401 g/mol. The van der Waals surface area contributed by atoms with Crippen LogP contribution in [-0.4, -0.2) is 38.8 Å². The van der Waals surface area contributed by atoms with E-state index >= 15 is 0 Å². The molecule has 1 aliphatic carbocycles. The summed E-state index contributed by atoms with van der Waals surface area (Å²) in [5.74, 6) is 1.41. The maximum Gasteiger partial charge on any atom is 0.191 e. The Balaban J connectivity index is 0.00000264. The zero-order valence-corrected chi connectivity index (χ0v) is 17.0. The fraction of sp³-hybridized carbons (Fsp3) is 0.611. The maximum absolute atomic E-state index is 5.43. The summed E-state index contributed by atoms with van der Waals surface area (Å²) in [6.07, 6.45) is 3.72. The van der Waals surface area contributed by atoms with Crippen LogP contribution in [0.15, 0.2) is 29.3 Å². The Morgan fingerprint density at radius 3 is 2.74 bits per heavy atom. The molecule has 2 rings (SSSR count). The Kier molecular flexibility index (Phi) is 8.33. The van der Waals surface area contributed by atoms with Gasteiger partial charge in [-0.15, -0.1) is 24.0 Å². The van der Waals surface area contributed by atoms with E-state index in [1.165, 1.54) is 30.4 Å². The third-order valence-corrected chi connectivity index (χ3v) is 4.47. The molecule has 130 valence electrons. The molecule has 1 atom stereocenters. The number of guanidine groups is 1. The summed E-state index contributed by atoms with van der Waals surface area (Å²) >= 11 is 0. The molecule has 0 bridgehead atoms. The van der Waals surface area contributed by atoms with Crippen LogP contribution in [0.1, 0.15) is 43.7 Å². The molecule has 23 heavy (non-hydrogen) atoms. The molecule has 1 aliphatic rings. The number of nitrogens with zero attached hydrogens (tertiary/aromatic N) is 1. The minimum atomic E-state index is -0.199. The SMILES string of the molecule is CN=C(NCC1CCCc2ccccc21)NCC(C)(C)OC.I. The molecule has 0 heterocycles. The number of nitrogens with one attached hydrogen (secondary N) is 2. The molecule has 0 aliphatic heterocycles. The predicted molar refractivity (Wildman–Crippen MR) is 108 cm³/mol. The normalized spacial score (nSPS) is 17.9. The fourth-order valence-electron chi connectivity index (χ4n) is 2.88. The van der Waals surface area contributed by atoms with Gasteiger partial charge in [0.2, 0.25) is 0 Å². The molecule has 2 N–H and O–H groups in total. The lowest BCUT2D eigenvalue weighted by Crippen LogP contribution is -2.46. The summed E-state index contributed by atoms with van der Waals surface area (Å²) < 4.78 is 5.43. The van der Waals surface area contributed by atoms with Crippen LogP contribution in [0.3, 0.4) is 0 Å². The van der Waals surface area contributed by atoms with Gasteiger partial charge < -0.3 is 15.4 Å². The van der Waals surface area contributed by atoms with Crippen molar-refractivity contribution in [2.75, 3.05) is 27.2 Å². The van der Waals surface area contributed by atoms with E-state index in [0.717, 1.165) is 19.0 Å². The molecule has 1 aromatic carbocycles. The number of aliphatic imine (C=N–C) groups is 1. The summed E-state index contributed by atoms with van der Waals surface area (Å²) in [5, 5.41) is 6.80. The van der Waals surface area contributed by atoms with Crippen molar-refractivity contribution in [3.63, 3.8) is 0 Å². The van der Waals surface area contributed by atoms with E-state index in [4.69, 9.17) is 4.74 Å². The summed E-state index contributed by atoms with van der Waals surface area (Å²) in [6.45, 7) is 5.77. The van der Waals surface area contributed by atoms with Crippen LogP contribution in [0.2, 0.25) is 0 Å². The molecule has 1 unspecified atom stereocenters. The standard InChI is InChI=1S/C18H29N3O.HI/c1-18(2,22-4)13-21-17(19-3)20-12-15-10-7-9-14-8-5-6-11-16(14)15;/h5-6,8,11,15H,7,9-10,12-13H2,1-4H3,(H2,19,20,21);1H. The van der Waals surface area contributed by atoms with Crippen molar-refractivity contribution >= 4 is 29.9 Å². The average Bonchev–Trinajstić information content (AvgIpc) is 2.55. The lowest BCUT2D eigenvalue weighted by Gasteiger charge is -2.28. The smallest absolute Gasteiger partial charge is 0.191 e. The summed E-state index contributed by atoms with van der Waals surface area (Å²) in [6, 6.07) is 8.81. The van der Waals surface area contributed by atoms with Crippen LogP contribution in [0, 0.1) is 0 Å². The second-order valence-electron chi connectivity index (χ2n) is 6.56. The van der Waals surface area contributed by atoms with Gasteiger partial charge in [-0.05, 0) is 44.2 Å². The molecular formula is C18H30IN3O. The Hall–Kier alpha value is -0.820. The summed E-state index contributed by atoms with van der Waals surface area (Å²) in [7, 11) is 3.54. The van der Waals surface area contributed by atoms with Crippen molar-refractivity contribution in [1.82, 2.24) is 10.6 Å². The van der Waals surface area contributed by atoms with E-state index in [2.05, 4.69) is 53.7 Å². The van der Waals surface area contributed by atoms with Crippen molar-refractivity contribution in [2.24, 2.45) is 4.99 Å². The molecule has 0 radical (unpaired) electrons. The van der Waals surface area contributed by atoms with Crippen LogP contribution < -0.4 is 10.6 Å². The summed E-state index contributed by atoms with van der Waals surface area (Å²) in [4.78, 5) is 4.30. The third kappa shape index (κ3) is 5.95. The Morgan fingerprint density at radius 1 is 1.30 bits per heavy atom. The molecule has 5 heteroatoms. The van der Waals surface area contributed by atoms with E-state index in [-0.39, 0.29) is 29.6 Å². The molecule has 0 amide bonds. The Morgan fingerprint density at radius 2 is 2.04 bits per heavy atom. The van der Waals surface area contributed by atoms with Crippen LogP contribution >= 0.6 is 24.0 Å². The van der Waals surface area contributed by atoms with Crippen molar-refractivity contribution in [1.29, 1.82) is 0 Å². The van der Waals surface area contributed by atoms with Crippen LogP contribution in [0.5, 0.6) is 0 Å². The highest BCUT2D eigenvalue weighted by Crippen LogP contribution is 2.30. The lowest BCUT2D eigenvalue weighted by atomic mass is 9.83. The Bertz CT molecular complexity index is 517. The highest BCUT2D eigenvalue weighted by molar-refractivity contribution is 14.0. The van der Waals surface area contributed by atoms with Gasteiger partial charge in [-0.25, -0.2) is 0 Å². The van der Waals surface area contributed by atoms with Gasteiger partial charge in [-0.2, -0.15) is 0 Å². The van der Waals surface area contributed by atoms with Gasteiger partial charge >= 0.3 is 0 Å². The summed E-state index contributed by atoms with van der Waals surface area (Å²) in [5.41, 5.74) is 2.80. The van der Waals surface area contributed by atoms with Crippen molar-refractivity contribution < 1.29 is 4.74 Å². The number of rotatable bonds is 5. The van der Waals surface area contributed by atoms with Crippen LogP contribution in [-0.2, 0) is 11.2 Å². The monoisotopic (exact) mass is 431 g/mol. The largest absolute Gasteiger partial charge is 0.377 e. The highest BCUT2D eigenvalue weighted by atomic mass is 127. The number of aryl methyl sites for hydroxylation is 1. The first kappa shape index (κ1) is 20.2. The third-order valence-electron chi connectivity index (χ3n) is 4.47. The van der Waals surface area contributed by atoms with Gasteiger partial charge in [0.15, 0.2) is 5.96 Å². The minimum absolute atomic E-state index is 0. The molecule has 0 aromatic heterocycles. The number of fused-ring (bicyclic) bond motifs is 1. The van der Waals surface area contributed by atoms with Gasteiger partial charge in [0.25, 0.3) is 0 Å². The average molecular weight is 431 g/mol. The molecule has 4 nitrogen and oxygen atoms in total. The predicted octanol–water partition coefficient (Wildman–Crippen LogP) is 3.31. The number of benzene rings is 1.